The van der Waals surface area contributed by atoms with E-state index in [9.17, 15) is 4.79 Å². The summed E-state index contributed by atoms with van der Waals surface area (Å²) in [5.74, 6) is 0.641. The van der Waals surface area contributed by atoms with Crippen LogP contribution in [0.5, 0.6) is 5.88 Å². The lowest BCUT2D eigenvalue weighted by molar-refractivity contribution is 0.196. The maximum absolute atomic E-state index is 12.5. The average molecular weight is 367 g/mol. The number of nitrogens with one attached hydrogen (secondary N) is 1. The van der Waals surface area contributed by atoms with Gasteiger partial charge in [0, 0.05) is 31.9 Å². The minimum Gasteiger partial charge on any atom is -0.474 e. The fourth-order valence-electron chi connectivity index (χ4n) is 3.36. The maximum Gasteiger partial charge on any atom is 0.317 e. The van der Waals surface area contributed by atoms with Gasteiger partial charge in [-0.15, -0.1) is 0 Å². The molecule has 144 valence electrons. The topological polar surface area (TPSA) is 54.5 Å². The molecule has 1 heterocycles. The van der Waals surface area contributed by atoms with Gasteiger partial charge in [-0.05, 0) is 49.3 Å². The van der Waals surface area contributed by atoms with Crippen molar-refractivity contribution in [2.75, 3.05) is 7.05 Å². The number of carbonyl (C=O) groups excluding carboxylic acids is 1. The zero-order valence-electron chi connectivity index (χ0n) is 16.3. The number of hydrogen-bond donors (Lipinski definition) is 1. The van der Waals surface area contributed by atoms with Gasteiger partial charge in [-0.1, -0.05) is 37.3 Å². The van der Waals surface area contributed by atoms with Crippen molar-refractivity contribution in [3.8, 4) is 5.88 Å². The fourth-order valence-corrected chi connectivity index (χ4v) is 3.36. The molecule has 1 aliphatic carbocycles. The van der Waals surface area contributed by atoms with Crippen molar-refractivity contribution in [1.82, 2.24) is 15.2 Å². The minimum atomic E-state index is -0.106. The lowest BCUT2D eigenvalue weighted by Crippen LogP contribution is -2.36. The highest BCUT2D eigenvalue weighted by atomic mass is 16.5. The zero-order chi connectivity index (χ0) is 19.1. The van der Waals surface area contributed by atoms with Crippen LogP contribution in [0.2, 0.25) is 0 Å². The molecule has 1 fully saturated rings. The van der Waals surface area contributed by atoms with Crippen LogP contribution in [0.1, 0.15) is 49.3 Å². The van der Waals surface area contributed by atoms with Crippen molar-refractivity contribution in [1.29, 1.82) is 0 Å². The molecule has 5 nitrogen and oxygen atoms in total. The molecule has 0 radical (unpaired) electrons. The van der Waals surface area contributed by atoms with Gasteiger partial charge in [0.15, 0.2) is 0 Å². The average Bonchev–Trinajstić information content (AvgIpc) is 3.20. The molecule has 0 atom stereocenters. The van der Waals surface area contributed by atoms with E-state index in [2.05, 4.69) is 41.5 Å². The van der Waals surface area contributed by atoms with Gasteiger partial charge in [0.25, 0.3) is 0 Å². The second-order valence-corrected chi connectivity index (χ2v) is 7.18. The van der Waals surface area contributed by atoms with Gasteiger partial charge in [-0.25, -0.2) is 9.78 Å². The first-order valence-corrected chi connectivity index (χ1v) is 9.83. The number of pyridine rings is 1. The number of amides is 2. The van der Waals surface area contributed by atoms with E-state index in [4.69, 9.17) is 4.74 Å². The van der Waals surface area contributed by atoms with E-state index < -0.39 is 0 Å². The molecule has 2 amide bonds. The Labute approximate surface area is 161 Å². The van der Waals surface area contributed by atoms with Crippen LogP contribution >= 0.6 is 0 Å². The summed E-state index contributed by atoms with van der Waals surface area (Å²) in [6, 6.07) is 12.1. The molecular weight excluding hydrogens is 338 g/mol. The van der Waals surface area contributed by atoms with E-state index in [0.717, 1.165) is 30.4 Å². The lowest BCUT2D eigenvalue weighted by Gasteiger charge is -2.19. The molecule has 1 saturated carbocycles. The van der Waals surface area contributed by atoms with Gasteiger partial charge in [0.1, 0.15) is 6.10 Å². The fraction of sp³-hybridized carbons (Fsp3) is 0.455. The largest absolute Gasteiger partial charge is 0.474 e. The van der Waals surface area contributed by atoms with Crippen molar-refractivity contribution in [2.45, 2.75) is 58.2 Å². The third-order valence-electron chi connectivity index (χ3n) is 5.06. The molecular formula is C22H29N3O2. The Morgan fingerprint density at radius 1 is 1.19 bits per heavy atom. The molecule has 3 rings (SSSR count). The van der Waals surface area contributed by atoms with Gasteiger partial charge >= 0.3 is 6.03 Å². The summed E-state index contributed by atoms with van der Waals surface area (Å²) in [4.78, 5) is 18.5. The van der Waals surface area contributed by atoms with E-state index >= 15 is 0 Å². The minimum absolute atomic E-state index is 0.106. The Kier molecular flexibility index (Phi) is 6.69. The summed E-state index contributed by atoms with van der Waals surface area (Å²) in [5, 5.41) is 2.97. The Morgan fingerprint density at radius 3 is 2.59 bits per heavy atom. The number of hydrogen-bond acceptors (Lipinski definition) is 3. The van der Waals surface area contributed by atoms with Crippen LogP contribution in [0.25, 0.3) is 0 Å². The Hall–Kier alpha value is -2.56. The summed E-state index contributed by atoms with van der Waals surface area (Å²) in [5.41, 5.74) is 3.34. The highest BCUT2D eigenvalue weighted by Gasteiger charge is 2.19. The molecule has 5 heteroatoms. The molecule has 27 heavy (non-hydrogen) atoms. The molecule has 1 aromatic heterocycles. The monoisotopic (exact) mass is 367 g/mol. The zero-order valence-corrected chi connectivity index (χ0v) is 16.3. The number of rotatable bonds is 7. The standard InChI is InChI=1S/C22H29N3O2/c1-3-17-10-12-18(13-11-17)16-25(2)22(26)24-15-19-7-6-14-23-21(19)27-20-8-4-5-9-20/h6-7,10-14,20H,3-5,8-9,15-16H2,1-2H3,(H,24,26). The number of ether oxygens (including phenoxy) is 1. The number of aromatic nitrogens is 1. The number of nitrogens with zero attached hydrogens (tertiary/aromatic N) is 2. The van der Waals surface area contributed by atoms with Gasteiger partial charge < -0.3 is 15.0 Å². The molecule has 0 bridgehead atoms. The van der Waals surface area contributed by atoms with E-state index in [0.29, 0.717) is 19.0 Å². The predicted molar refractivity (Wildman–Crippen MR) is 107 cm³/mol. The third kappa shape index (κ3) is 5.46. The van der Waals surface area contributed by atoms with E-state index in [1.165, 1.54) is 18.4 Å². The highest BCUT2D eigenvalue weighted by molar-refractivity contribution is 5.73. The Bertz CT molecular complexity index is 739. The first kappa shape index (κ1) is 19.2. The summed E-state index contributed by atoms with van der Waals surface area (Å²) in [6.07, 6.45) is 7.61. The maximum atomic E-state index is 12.5. The van der Waals surface area contributed by atoms with Crippen LogP contribution in [0.3, 0.4) is 0 Å². The second-order valence-electron chi connectivity index (χ2n) is 7.18. The van der Waals surface area contributed by atoms with E-state index in [1.54, 1.807) is 11.1 Å². The molecule has 2 aromatic rings. The van der Waals surface area contributed by atoms with Crippen molar-refractivity contribution in [3.63, 3.8) is 0 Å². The van der Waals surface area contributed by atoms with Crippen molar-refractivity contribution in [2.24, 2.45) is 0 Å². The van der Waals surface area contributed by atoms with Crippen molar-refractivity contribution in [3.05, 3.63) is 59.3 Å². The van der Waals surface area contributed by atoms with Crippen molar-refractivity contribution >= 4 is 6.03 Å². The normalized spacial score (nSPS) is 14.1. The van der Waals surface area contributed by atoms with Crippen LogP contribution in [-0.2, 0) is 19.5 Å². The van der Waals surface area contributed by atoms with Crippen molar-refractivity contribution < 1.29 is 9.53 Å². The van der Waals surface area contributed by atoms with Crippen LogP contribution in [0.4, 0.5) is 4.79 Å². The smallest absolute Gasteiger partial charge is 0.317 e. The van der Waals surface area contributed by atoms with Gasteiger partial charge in [0.05, 0.1) is 0 Å². The molecule has 1 aliphatic rings. The molecule has 0 unspecified atom stereocenters. The summed E-state index contributed by atoms with van der Waals surface area (Å²) in [6.45, 7) is 3.12. The molecule has 0 spiro atoms. The summed E-state index contributed by atoms with van der Waals surface area (Å²) in [7, 11) is 1.81. The Morgan fingerprint density at radius 2 is 1.89 bits per heavy atom. The molecule has 1 N–H and O–H groups in total. The summed E-state index contributed by atoms with van der Waals surface area (Å²) < 4.78 is 6.04. The molecule has 0 saturated heterocycles. The first-order chi connectivity index (χ1) is 13.2. The number of aryl methyl sites for hydroxylation is 1. The van der Waals surface area contributed by atoms with Crippen LogP contribution in [0, 0.1) is 0 Å². The third-order valence-corrected chi connectivity index (χ3v) is 5.06. The second kappa shape index (κ2) is 9.40. The van der Waals surface area contributed by atoms with E-state index in [1.807, 2.05) is 19.2 Å². The van der Waals surface area contributed by atoms with Gasteiger partial charge in [-0.3, -0.25) is 0 Å². The number of benzene rings is 1. The number of urea groups is 1. The highest BCUT2D eigenvalue weighted by Crippen LogP contribution is 2.25. The quantitative estimate of drug-likeness (QED) is 0.793. The summed E-state index contributed by atoms with van der Waals surface area (Å²) >= 11 is 0. The lowest BCUT2D eigenvalue weighted by atomic mass is 10.1. The van der Waals surface area contributed by atoms with E-state index in [-0.39, 0.29) is 12.1 Å². The SMILES string of the molecule is CCc1ccc(CN(C)C(=O)NCc2cccnc2OC2CCCC2)cc1. The Balaban J connectivity index is 1.53. The van der Waals surface area contributed by atoms with Gasteiger partial charge in [0.2, 0.25) is 5.88 Å². The number of carbonyl (C=O) groups is 1. The van der Waals surface area contributed by atoms with Crippen LogP contribution in [-0.4, -0.2) is 29.1 Å². The van der Waals surface area contributed by atoms with Crippen LogP contribution in [0.15, 0.2) is 42.6 Å². The molecule has 0 aliphatic heterocycles. The molecule has 1 aromatic carbocycles. The first-order valence-electron chi connectivity index (χ1n) is 9.83. The predicted octanol–water partition coefficient (Wildman–Crippen LogP) is 4.31. The van der Waals surface area contributed by atoms with Crippen LogP contribution < -0.4 is 10.1 Å². The van der Waals surface area contributed by atoms with Gasteiger partial charge in [-0.2, -0.15) is 0 Å².